The van der Waals surface area contributed by atoms with Gasteiger partial charge in [0.1, 0.15) is 5.54 Å². The molecular formula is C14H14BrNO3. The van der Waals surface area contributed by atoms with Crippen LogP contribution in [-0.4, -0.2) is 12.9 Å². The number of fused-ring (bicyclic) bond motifs is 1. The van der Waals surface area contributed by atoms with Gasteiger partial charge in [-0.3, -0.25) is 0 Å². The molecule has 0 radical (unpaired) electrons. The number of isocyanates is 1. The Bertz CT molecular complexity index is 573. The van der Waals surface area contributed by atoms with Crippen LogP contribution in [0.1, 0.15) is 36.8 Å². The normalized spacial score (nSPS) is 19.3. The quantitative estimate of drug-likeness (QED) is 0.617. The van der Waals surface area contributed by atoms with Crippen molar-refractivity contribution in [2.24, 2.45) is 4.99 Å². The zero-order valence-electron chi connectivity index (χ0n) is 10.7. The number of nitrogens with zero attached hydrogens (tertiary/aromatic N) is 1. The van der Waals surface area contributed by atoms with Crippen molar-refractivity contribution in [1.29, 1.82) is 0 Å². The third-order valence-electron chi connectivity index (χ3n) is 4.02. The molecule has 0 atom stereocenters. The first-order chi connectivity index (χ1) is 9.18. The molecule has 1 heterocycles. The SMILES string of the molecule is Cc1c(Br)cc2c(c1C1(N=C=O)CCCC1)OCO2. The first-order valence-corrected chi connectivity index (χ1v) is 7.15. The Hall–Kier alpha value is -1.32. The largest absolute Gasteiger partial charge is 0.454 e. The van der Waals surface area contributed by atoms with Crippen LogP contribution in [0.15, 0.2) is 15.5 Å². The number of hydrogen-bond donors (Lipinski definition) is 0. The van der Waals surface area contributed by atoms with E-state index in [1.165, 1.54) is 0 Å². The smallest absolute Gasteiger partial charge is 0.235 e. The predicted octanol–water partition coefficient (Wildman–Crippen LogP) is 3.59. The van der Waals surface area contributed by atoms with Crippen LogP contribution < -0.4 is 9.47 Å². The fourth-order valence-electron chi connectivity index (χ4n) is 3.13. The van der Waals surface area contributed by atoms with Crippen molar-refractivity contribution in [2.45, 2.75) is 38.1 Å². The highest BCUT2D eigenvalue weighted by molar-refractivity contribution is 9.10. The van der Waals surface area contributed by atoms with Crippen LogP contribution in [0.2, 0.25) is 0 Å². The molecular weight excluding hydrogens is 310 g/mol. The van der Waals surface area contributed by atoms with E-state index in [0.29, 0.717) is 0 Å². The Kier molecular flexibility index (Phi) is 3.11. The Morgan fingerprint density at radius 1 is 1.37 bits per heavy atom. The van der Waals surface area contributed by atoms with Gasteiger partial charge in [0, 0.05) is 10.0 Å². The molecule has 1 aliphatic carbocycles. The average Bonchev–Trinajstić information content (AvgIpc) is 3.01. The number of hydrogen-bond acceptors (Lipinski definition) is 4. The van der Waals surface area contributed by atoms with Gasteiger partial charge in [0.15, 0.2) is 11.5 Å². The molecule has 0 saturated heterocycles. The molecule has 0 spiro atoms. The van der Waals surface area contributed by atoms with Gasteiger partial charge in [-0.1, -0.05) is 28.8 Å². The van der Waals surface area contributed by atoms with E-state index in [1.807, 2.05) is 13.0 Å². The second-order valence-corrected chi connectivity index (χ2v) is 5.89. The molecule has 1 aromatic carbocycles. The molecule has 0 aromatic heterocycles. The third-order valence-corrected chi connectivity index (χ3v) is 4.84. The lowest BCUT2D eigenvalue weighted by molar-refractivity contribution is 0.172. The second-order valence-electron chi connectivity index (χ2n) is 5.03. The number of carbonyl (C=O) groups excluding carboxylic acids is 1. The molecule has 1 saturated carbocycles. The first kappa shape index (κ1) is 12.7. The minimum atomic E-state index is -0.493. The minimum absolute atomic E-state index is 0.221. The summed E-state index contributed by atoms with van der Waals surface area (Å²) in [6, 6.07) is 1.91. The van der Waals surface area contributed by atoms with Gasteiger partial charge >= 0.3 is 0 Å². The summed E-state index contributed by atoms with van der Waals surface area (Å²) in [6.45, 7) is 2.24. The summed E-state index contributed by atoms with van der Waals surface area (Å²) < 4.78 is 12.0. The van der Waals surface area contributed by atoms with Crippen LogP contribution in [0.3, 0.4) is 0 Å². The van der Waals surface area contributed by atoms with Gasteiger partial charge < -0.3 is 9.47 Å². The van der Waals surface area contributed by atoms with E-state index >= 15 is 0 Å². The highest BCUT2D eigenvalue weighted by atomic mass is 79.9. The van der Waals surface area contributed by atoms with Crippen molar-refractivity contribution in [3.05, 3.63) is 21.7 Å². The molecule has 2 aliphatic rings. The van der Waals surface area contributed by atoms with Crippen molar-refractivity contribution >= 4 is 22.0 Å². The van der Waals surface area contributed by atoms with Gasteiger partial charge in [-0.25, -0.2) is 4.79 Å². The highest BCUT2D eigenvalue weighted by Gasteiger charge is 2.41. The number of halogens is 1. The summed E-state index contributed by atoms with van der Waals surface area (Å²) in [5.41, 5.74) is 1.55. The van der Waals surface area contributed by atoms with E-state index in [4.69, 9.17) is 9.47 Å². The fourth-order valence-corrected chi connectivity index (χ4v) is 3.54. The summed E-state index contributed by atoms with van der Waals surface area (Å²) in [4.78, 5) is 15.0. The zero-order chi connectivity index (χ0) is 13.5. The molecule has 1 fully saturated rings. The summed E-state index contributed by atoms with van der Waals surface area (Å²) >= 11 is 3.55. The maximum atomic E-state index is 10.9. The Morgan fingerprint density at radius 2 is 2.11 bits per heavy atom. The maximum absolute atomic E-state index is 10.9. The van der Waals surface area contributed by atoms with Crippen molar-refractivity contribution in [1.82, 2.24) is 0 Å². The topological polar surface area (TPSA) is 47.9 Å². The van der Waals surface area contributed by atoms with Crippen LogP contribution in [0.25, 0.3) is 0 Å². The third kappa shape index (κ3) is 1.88. The van der Waals surface area contributed by atoms with Crippen LogP contribution in [0.5, 0.6) is 11.5 Å². The van der Waals surface area contributed by atoms with Gasteiger partial charge in [-0.15, -0.1) is 0 Å². The van der Waals surface area contributed by atoms with Gasteiger partial charge in [0.25, 0.3) is 0 Å². The number of benzene rings is 1. The second kappa shape index (κ2) is 4.66. The zero-order valence-corrected chi connectivity index (χ0v) is 12.2. The van der Waals surface area contributed by atoms with E-state index in [2.05, 4.69) is 20.9 Å². The summed E-state index contributed by atoms with van der Waals surface area (Å²) in [6.07, 6.45) is 5.59. The van der Waals surface area contributed by atoms with Crippen LogP contribution in [0.4, 0.5) is 0 Å². The van der Waals surface area contributed by atoms with E-state index in [1.54, 1.807) is 6.08 Å². The minimum Gasteiger partial charge on any atom is -0.454 e. The van der Waals surface area contributed by atoms with Gasteiger partial charge in [0.05, 0.1) is 0 Å². The lowest BCUT2D eigenvalue weighted by Crippen LogP contribution is -2.21. The van der Waals surface area contributed by atoms with Gasteiger partial charge in [0.2, 0.25) is 12.9 Å². The molecule has 4 nitrogen and oxygen atoms in total. The number of rotatable bonds is 2. The maximum Gasteiger partial charge on any atom is 0.235 e. The molecule has 100 valence electrons. The first-order valence-electron chi connectivity index (χ1n) is 6.36. The van der Waals surface area contributed by atoms with Crippen LogP contribution in [0, 0.1) is 6.92 Å². The van der Waals surface area contributed by atoms with E-state index < -0.39 is 5.54 Å². The molecule has 5 heteroatoms. The van der Waals surface area contributed by atoms with Crippen molar-refractivity contribution < 1.29 is 14.3 Å². The van der Waals surface area contributed by atoms with Gasteiger partial charge in [-0.05, 0) is 31.4 Å². The molecule has 3 rings (SSSR count). The summed E-state index contributed by atoms with van der Waals surface area (Å²) in [5, 5.41) is 0. The van der Waals surface area contributed by atoms with Crippen molar-refractivity contribution in [3.8, 4) is 11.5 Å². The number of ether oxygens (including phenoxy) is 2. The van der Waals surface area contributed by atoms with Crippen LogP contribution >= 0.6 is 15.9 Å². The molecule has 0 unspecified atom stereocenters. The monoisotopic (exact) mass is 323 g/mol. The van der Waals surface area contributed by atoms with E-state index in [-0.39, 0.29) is 6.79 Å². The molecule has 0 amide bonds. The van der Waals surface area contributed by atoms with Crippen molar-refractivity contribution in [2.75, 3.05) is 6.79 Å². The molecule has 0 bridgehead atoms. The summed E-state index contributed by atoms with van der Waals surface area (Å²) in [5.74, 6) is 1.46. The molecule has 1 aliphatic heterocycles. The molecule has 19 heavy (non-hydrogen) atoms. The molecule has 1 aromatic rings. The van der Waals surface area contributed by atoms with E-state index in [9.17, 15) is 4.79 Å². The van der Waals surface area contributed by atoms with E-state index in [0.717, 1.165) is 52.8 Å². The Morgan fingerprint density at radius 3 is 2.79 bits per heavy atom. The average molecular weight is 324 g/mol. The lowest BCUT2D eigenvalue weighted by atomic mass is 9.85. The van der Waals surface area contributed by atoms with Crippen molar-refractivity contribution in [3.63, 3.8) is 0 Å². The Labute approximate surface area is 119 Å². The summed E-state index contributed by atoms with van der Waals surface area (Å²) in [7, 11) is 0. The van der Waals surface area contributed by atoms with Gasteiger partial charge in [-0.2, -0.15) is 4.99 Å². The standard InChI is InChI=1S/C14H14BrNO3/c1-9-10(15)6-11-13(19-8-18-11)12(9)14(16-7-17)4-2-3-5-14/h6H,2-5,8H2,1H3. The highest BCUT2D eigenvalue weighted by Crippen LogP contribution is 2.52. The molecule has 0 N–H and O–H groups in total. The lowest BCUT2D eigenvalue weighted by Gasteiger charge is -2.26. The number of aliphatic imine (C=N–C) groups is 1. The van der Waals surface area contributed by atoms with Crippen LogP contribution in [-0.2, 0) is 10.3 Å². The Balaban J connectivity index is 2.26. The predicted molar refractivity (Wildman–Crippen MR) is 73.3 cm³/mol. The fraction of sp³-hybridized carbons (Fsp3) is 0.500.